The Bertz CT molecular complexity index is 1980. The van der Waals surface area contributed by atoms with Gasteiger partial charge in [-0.25, -0.2) is 14.8 Å². The van der Waals surface area contributed by atoms with Crippen molar-refractivity contribution in [1.29, 1.82) is 0 Å². The summed E-state index contributed by atoms with van der Waals surface area (Å²) in [4.78, 5) is 49.6. The van der Waals surface area contributed by atoms with Crippen molar-refractivity contribution in [2.45, 2.75) is 83.2 Å². The average Bonchev–Trinajstić information content (AvgIpc) is 3.85. The van der Waals surface area contributed by atoms with Crippen molar-refractivity contribution in [3.05, 3.63) is 82.3 Å². The smallest absolute Gasteiger partial charge is 0.360 e. The highest BCUT2D eigenvalue weighted by Crippen LogP contribution is 2.59. The number of benzene rings is 2. The van der Waals surface area contributed by atoms with E-state index in [9.17, 15) is 19.5 Å². The van der Waals surface area contributed by atoms with Crippen molar-refractivity contribution in [2.75, 3.05) is 12.4 Å². The number of esters is 1. The van der Waals surface area contributed by atoms with Crippen molar-refractivity contribution in [2.24, 2.45) is 5.92 Å². The number of hydrogen-bond acceptors (Lipinski definition) is 11. The number of amides is 2. The number of oxazole rings is 2. The van der Waals surface area contributed by atoms with E-state index in [1.165, 1.54) is 7.11 Å². The molecule has 2 aromatic carbocycles. The van der Waals surface area contributed by atoms with Crippen LogP contribution in [0.15, 0.2) is 51.3 Å². The molecule has 2 aromatic heterocycles. The van der Waals surface area contributed by atoms with Gasteiger partial charge < -0.3 is 39.4 Å². The summed E-state index contributed by atoms with van der Waals surface area (Å²) in [6, 6.07) is 11.7. The highest BCUT2D eigenvalue weighted by atomic mass is 16.5. The van der Waals surface area contributed by atoms with E-state index >= 15 is 0 Å². The summed E-state index contributed by atoms with van der Waals surface area (Å²) in [6.07, 6.45) is -0.161. The molecule has 4 aromatic rings. The number of methoxy groups -OCH3 is 1. The number of fused-ring (bicyclic) bond motifs is 4. The lowest BCUT2D eigenvalue weighted by Gasteiger charge is -2.30. The van der Waals surface area contributed by atoms with Gasteiger partial charge in [-0.1, -0.05) is 58.0 Å². The number of para-hydroxylation sites is 1. The number of carbonyl (C=O) groups is 3. The van der Waals surface area contributed by atoms with Crippen molar-refractivity contribution >= 4 is 23.5 Å². The first-order valence-electron chi connectivity index (χ1n) is 16.5. The molecule has 3 aliphatic heterocycles. The molecule has 13 heteroatoms. The number of anilines is 1. The maximum atomic E-state index is 14.1. The number of aromatic nitrogens is 2. The van der Waals surface area contributed by atoms with Crippen LogP contribution in [0.2, 0.25) is 0 Å². The molecule has 0 aliphatic carbocycles. The molecule has 7 rings (SSSR count). The molecule has 4 bridgehead atoms. The molecule has 4 atom stereocenters. The van der Waals surface area contributed by atoms with E-state index < -0.39 is 47.1 Å². The van der Waals surface area contributed by atoms with Crippen LogP contribution in [0.4, 0.5) is 5.69 Å². The maximum absolute atomic E-state index is 14.1. The lowest BCUT2D eigenvalue weighted by Crippen LogP contribution is -2.55. The minimum atomic E-state index is -1.63. The van der Waals surface area contributed by atoms with Crippen molar-refractivity contribution < 1.29 is 37.8 Å². The van der Waals surface area contributed by atoms with E-state index in [1.54, 1.807) is 20.8 Å². The van der Waals surface area contributed by atoms with Crippen LogP contribution in [0, 0.1) is 12.8 Å². The van der Waals surface area contributed by atoms with Crippen LogP contribution in [0.25, 0.3) is 11.6 Å². The fourth-order valence-electron chi connectivity index (χ4n) is 7.10. The molecule has 0 saturated carbocycles. The molecular weight excluding hydrogens is 630 g/mol. The van der Waals surface area contributed by atoms with Gasteiger partial charge in [-0.3, -0.25) is 9.59 Å². The Labute approximate surface area is 282 Å². The largest absolute Gasteiger partial charge is 0.469 e. The predicted octanol–water partition coefficient (Wildman–Crippen LogP) is 4.31. The summed E-state index contributed by atoms with van der Waals surface area (Å²) in [7, 11) is 1.27. The molecule has 2 amide bonds. The highest BCUT2D eigenvalue weighted by Gasteiger charge is 2.61. The van der Waals surface area contributed by atoms with Gasteiger partial charge in [0.05, 0.1) is 7.11 Å². The first-order chi connectivity index (χ1) is 23.4. The van der Waals surface area contributed by atoms with Gasteiger partial charge in [-0.2, -0.15) is 0 Å². The lowest BCUT2D eigenvalue weighted by atomic mass is 9.72. The van der Waals surface area contributed by atoms with Crippen LogP contribution in [-0.2, 0) is 26.2 Å². The Hall–Kier alpha value is -5.17. The van der Waals surface area contributed by atoms with Gasteiger partial charge >= 0.3 is 5.97 Å². The topological polar surface area (TPSA) is 178 Å². The number of aliphatic hydroxyl groups is 1. The molecule has 5 heterocycles. The summed E-state index contributed by atoms with van der Waals surface area (Å²) in [5.74, 6) is -0.572. The van der Waals surface area contributed by atoms with Gasteiger partial charge in [0.2, 0.25) is 17.7 Å². The number of nitrogens with zero attached hydrogens (tertiary/aromatic N) is 2. The van der Waals surface area contributed by atoms with E-state index in [0.717, 1.165) is 22.4 Å². The zero-order valence-electron chi connectivity index (χ0n) is 28.2. The number of rotatable bonds is 7. The van der Waals surface area contributed by atoms with E-state index in [0.29, 0.717) is 11.5 Å². The van der Waals surface area contributed by atoms with E-state index in [-0.39, 0.29) is 54.1 Å². The molecule has 0 radical (unpaired) electrons. The van der Waals surface area contributed by atoms with E-state index in [2.05, 4.69) is 20.9 Å². The number of aryl methyl sites for hydroxylation is 1. The Morgan fingerprint density at radius 1 is 1.10 bits per heavy atom. The minimum absolute atomic E-state index is 0.00156. The summed E-state index contributed by atoms with van der Waals surface area (Å²) < 4.78 is 24.4. The molecule has 3 aliphatic rings. The third-order valence-electron chi connectivity index (χ3n) is 10.0. The van der Waals surface area contributed by atoms with Crippen LogP contribution < -0.4 is 20.7 Å². The van der Waals surface area contributed by atoms with Gasteiger partial charge in [-0.05, 0) is 48.9 Å². The normalized spacial score (nSPS) is 22.2. The Morgan fingerprint density at radius 3 is 2.57 bits per heavy atom. The van der Waals surface area contributed by atoms with E-state index in [4.69, 9.17) is 23.3 Å². The monoisotopic (exact) mass is 669 g/mol. The molecular formula is C36H39N5O8. The Kier molecular flexibility index (Phi) is 7.77. The SMILES string of the molecule is CCC(O)(CC)C(=O)N[C@H]1Cc2ccc3c(c2)[C@@]2(c4ccccc4NC2O3)c2oc(nc2-c2nc(C(=O)OC)c(C)o2)[C@H](C(C)C)NC1=O. The molecule has 0 saturated heterocycles. The van der Waals surface area contributed by atoms with Gasteiger partial charge in [-0.15, -0.1) is 0 Å². The average molecular weight is 670 g/mol. The van der Waals surface area contributed by atoms with Crippen LogP contribution in [0.3, 0.4) is 0 Å². The molecule has 1 spiro atoms. The number of nitrogens with one attached hydrogen (secondary N) is 3. The van der Waals surface area contributed by atoms with Gasteiger partial charge in [0, 0.05) is 17.7 Å². The first-order valence-corrected chi connectivity index (χ1v) is 16.5. The standard InChI is InChI=1S/C36H39N5O8/c1-7-35(45,8-2)33(44)37-23-16-19-13-14-24-21(15-19)36(20-11-9-10-12-22(20)38-34(36)48-24)28-27(31-40-26(18(5)47-31)32(43)46-6)41-30(49-28)25(17(3)4)39-29(23)42/h9-15,17,23,25,34,38,45H,7-8,16H2,1-6H3,(H,37,44)(H,39,42)/t23-,25-,34?,36-/m0/s1. The summed E-state index contributed by atoms with van der Waals surface area (Å²) >= 11 is 0. The van der Waals surface area contributed by atoms with Gasteiger partial charge in [0.25, 0.3) is 5.91 Å². The third kappa shape index (κ3) is 4.89. The third-order valence-corrected chi connectivity index (χ3v) is 10.0. The molecule has 0 fully saturated rings. The van der Waals surface area contributed by atoms with Gasteiger partial charge in [0.15, 0.2) is 23.4 Å². The van der Waals surface area contributed by atoms with Crippen LogP contribution in [0.1, 0.15) is 91.2 Å². The second-order valence-electron chi connectivity index (χ2n) is 13.2. The fraction of sp³-hybridized carbons (Fsp3) is 0.417. The van der Waals surface area contributed by atoms with Crippen molar-refractivity contribution in [3.63, 3.8) is 0 Å². The molecule has 1 unspecified atom stereocenters. The molecule has 49 heavy (non-hydrogen) atoms. The zero-order chi connectivity index (χ0) is 34.8. The fourth-order valence-corrected chi connectivity index (χ4v) is 7.10. The second kappa shape index (κ2) is 11.8. The number of hydrogen-bond donors (Lipinski definition) is 4. The summed E-state index contributed by atoms with van der Waals surface area (Å²) in [5, 5.41) is 20.4. The minimum Gasteiger partial charge on any atom is -0.469 e. The summed E-state index contributed by atoms with van der Waals surface area (Å²) in [5.41, 5.74) is 0.679. The first kappa shape index (κ1) is 32.4. The quantitative estimate of drug-likeness (QED) is 0.206. The van der Waals surface area contributed by atoms with Crippen LogP contribution in [-0.4, -0.2) is 57.8 Å². The number of carbonyl (C=O) groups excluding carboxylic acids is 3. The maximum Gasteiger partial charge on any atom is 0.360 e. The Morgan fingerprint density at radius 2 is 1.86 bits per heavy atom. The van der Waals surface area contributed by atoms with Crippen LogP contribution >= 0.6 is 0 Å². The molecule has 13 nitrogen and oxygen atoms in total. The number of ether oxygens (including phenoxy) is 2. The Balaban J connectivity index is 1.49. The van der Waals surface area contributed by atoms with E-state index in [1.807, 2.05) is 56.3 Å². The summed E-state index contributed by atoms with van der Waals surface area (Å²) in [6.45, 7) is 8.90. The van der Waals surface area contributed by atoms with Gasteiger partial charge in [0.1, 0.15) is 34.6 Å². The lowest BCUT2D eigenvalue weighted by molar-refractivity contribution is -0.143. The van der Waals surface area contributed by atoms with Crippen LogP contribution in [0.5, 0.6) is 5.75 Å². The molecule has 4 N–H and O–H groups in total. The van der Waals surface area contributed by atoms with Crippen molar-refractivity contribution in [3.8, 4) is 17.3 Å². The zero-order valence-corrected chi connectivity index (χ0v) is 28.2. The second-order valence-corrected chi connectivity index (χ2v) is 13.2. The highest BCUT2D eigenvalue weighted by molar-refractivity contribution is 5.92. The van der Waals surface area contributed by atoms with Crippen molar-refractivity contribution in [1.82, 2.24) is 20.6 Å². The predicted molar refractivity (Wildman–Crippen MR) is 176 cm³/mol. The molecule has 256 valence electrons.